The molecule has 0 aliphatic carbocycles. The molecule has 19 heavy (non-hydrogen) atoms. The molecule has 1 fully saturated rings. The Labute approximate surface area is 115 Å². The minimum atomic E-state index is -0.110. The van der Waals surface area contributed by atoms with Crippen LogP contribution in [0.2, 0.25) is 0 Å². The van der Waals surface area contributed by atoms with Gasteiger partial charge in [-0.05, 0) is 56.8 Å². The average molecular weight is 265 g/mol. The summed E-state index contributed by atoms with van der Waals surface area (Å²) < 4.78 is 19.2. The molecule has 106 valence electrons. The van der Waals surface area contributed by atoms with Crippen LogP contribution in [0.25, 0.3) is 0 Å². The van der Waals surface area contributed by atoms with Gasteiger partial charge in [-0.25, -0.2) is 4.39 Å². The third kappa shape index (κ3) is 4.59. The van der Waals surface area contributed by atoms with Gasteiger partial charge in [0.2, 0.25) is 0 Å². The topological polar surface area (TPSA) is 12.5 Å². The van der Waals surface area contributed by atoms with E-state index in [0.717, 1.165) is 31.7 Å². The van der Waals surface area contributed by atoms with E-state index in [0.29, 0.717) is 11.7 Å². The minimum Gasteiger partial charge on any atom is -0.378 e. The largest absolute Gasteiger partial charge is 0.378 e. The van der Waals surface area contributed by atoms with Gasteiger partial charge in [0.1, 0.15) is 5.82 Å². The first-order valence-corrected chi connectivity index (χ1v) is 7.20. The van der Waals surface area contributed by atoms with Crippen molar-refractivity contribution >= 4 is 0 Å². The summed E-state index contributed by atoms with van der Waals surface area (Å²) in [5, 5.41) is 0. The smallest absolute Gasteiger partial charge is 0.126 e. The number of rotatable bonds is 5. The second kappa shape index (κ2) is 7.01. The minimum absolute atomic E-state index is 0.110. The third-order valence-electron chi connectivity index (χ3n) is 3.80. The fraction of sp³-hybridized carbons (Fsp3) is 0.625. The van der Waals surface area contributed by atoms with Gasteiger partial charge in [0.05, 0.1) is 6.10 Å². The Morgan fingerprint density at radius 1 is 1.37 bits per heavy atom. The predicted molar refractivity (Wildman–Crippen MR) is 75.7 cm³/mol. The molecule has 1 atom stereocenters. The molecule has 0 amide bonds. The Balaban J connectivity index is 1.76. The Bertz CT molecular complexity index is 402. The maximum atomic E-state index is 13.5. The number of hydrogen-bond donors (Lipinski definition) is 0. The first kappa shape index (κ1) is 14.5. The SMILES string of the molecule is Cc1ccc(CN(C)CCC2CCCCO2)cc1F. The second-order valence-corrected chi connectivity index (χ2v) is 5.60. The molecule has 1 aromatic carbocycles. The van der Waals surface area contributed by atoms with Crippen LogP contribution in [-0.2, 0) is 11.3 Å². The fourth-order valence-electron chi connectivity index (χ4n) is 2.52. The zero-order valence-electron chi connectivity index (χ0n) is 12.0. The first-order valence-electron chi connectivity index (χ1n) is 7.20. The van der Waals surface area contributed by atoms with Crippen LogP contribution in [0, 0.1) is 12.7 Å². The Kier molecular flexibility index (Phi) is 5.34. The van der Waals surface area contributed by atoms with Crippen LogP contribution in [0.5, 0.6) is 0 Å². The van der Waals surface area contributed by atoms with E-state index in [1.807, 2.05) is 12.1 Å². The first-order chi connectivity index (χ1) is 9.15. The van der Waals surface area contributed by atoms with Crippen LogP contribution in [0.15, 0.2) is 18.2 Å². The highest BCUT2D eigenvalue weighted by molar-refractivity contribution is 5.23. The standard InChI is InChI=1S/C16H24FNO/c1-13-6-7-14(11-16(13)17)12-18(2)9-8-15-5-3-4-10-19-15/h6-7,11,15H,3-5,8-10,12H2,1-2H3. The van der Waals surface area contributed by atoms with Crippen molar-refractivity contribution in [3.63, 3.8) is 0 Å². The summed E-state index contributed by atoms with van der Waals surface area (Å²) in [6, 6.07) is 5.50. The van der Waals surface area contributed by atoms with E-state index < -0.39 is 0 Å². The lowest BCUT2D eigenvalue weighted by atomic mass is 10.1. The lowest BCUT2D eigenvalue weighted by Crippen LogP contribution is -2.26. The van der Waals surface area contributed by atoms with Crippen LogP contribution < -0.4 is 0 Å². The summed E-state index contributed by atoms with van der Waals surface area (Å²) in [7, 11) is 2.08. The van der Waals surface area contributed by atoms with E-state index in [9.17, 15) is 4.39 Å². The van der Waals surface area contributed by atoms with Crippen LogP contribution >= 0.6 is 0 Å². The van der Waals surface area contributed by atoms with Gasteiger partial charge < -0.3 is 9.64 Å². The predicted octanol–water partition coefficient (Wildman–Crippen LogP) is 3.53. The summed E-state index contributed by atoms with van der Waals surface area (Å²) in [6.45, 7) is 4.50. The summed E-state index contributed by atoms with van der Waals surface area (Å²) in [6.07, 6.45) is 5.18. The highest BCUT2D eigenvalue weighted by Crippen LogP contribution is 2.16. The zero-order valence-corrected chi connectivity index (χ0v) is 12.0. The van der Waals surface area contributed by atoms with Gasteiger partial charge in [-0.2, -0.15) is 0 Å². The number of benzene rings is 1. The van der Waals surface area contributed by atoms with Gasteiger partial charge in [0, 0.05) is 19.7 Å². The molecule has 0 radical (unpaired) electrons. The summed E-state index contributed by atoms with van der Waals surface area (Å²) in [4.78, 5) is 2.24. The van der Waals surface area contributed by atoms with Gasteiger partial charge in [0.25, 0.3) is 0 Å². The Morgan fingerprint density at radius 2 is 2.21 bits per heavy atom. The van der Waals surface area contributed by atoms with Gasteiger partial charge in [-0.1, -0.05) is 12.1 Å². The maximum Gasteiger partial charge on any atom is 0.126 e. The molecule has 0 aromatic heterocycles. The molecule has 0 saturated carbocycles. The summed E-state index contributed by atoms with van der Waals surface area (Å²) in [5.74, 6) is -0.110. The number of aryl methyl sites for hydroxylation is 1. The van der Waals surface area contributed by atoms with Crippen molar-refractivity contribution in [2.24, 2.45) is 0 Å². The van der Waals surface area contributed by atoms with Crippen LogP contribution in [0.4, 0.5) is 4.39 Å². The van der Waals surface area contributed by atoms with Gasteiger partial charge in [0.15, 0.2) is 0 Å². The quantitative estimate of drug-likeness (QED) is 0.807. The number of nitrogens with zero attached hydrogens (tertiary/aromatic N) is 1. The second-order valence-electron chi connectivity index (χ2n) is 5.60. The number of hydrogen-bond acceptors (Lipinski definition) is 2. The molecular weight excluding hydrogens is 241 g/mol. The van der Waals surface area contributed by atoms with E-state index >= 15 is 0 Å². The van der Waals surface area contributed by atoms with Crippen molar-refractivity contribution in [3.05, 3.63) is 35.1 Å². The monoisotopic (exact) mass is 265 g/mol. The molecule has 0 spiro atoms. The van der Waals surface area contributed by atoms with E-state index in [-0.39, 0.29) is 5.82 Å². The summed E-state index contributed by atoms with van der Waals surface area (Å²) in [5.41, 5.74) is 1.75. The average Bonchev–Trinajstić information content (AvgIpc) is 2.42. The van der Waals surface area contributed by atoms with Crippen molar-refractivity contribution in [1.82, 2.24) is 4.90 Å². The fourth-order valence-corrected chi connectivity index (χ4v) is 2.52. The molecule has 1 aromatic rings. The van der Waals surface area contributed by atoms with Crippen LogP contribution in [0.3, 0.4) is 0 Å². The lowest BCUT2D eigenvalue weighted by molar-refractivity contribution is 0.00640. The normalized spacial score (nSPS) is 19.9. The van der Waals surface area contributed by atoms with E-state index in [2.05, 4.69) is 11.9 Å². The molecule has 3 heteroatoms. The van der Waals surface area contributed by atoms with Gasteiger partial charge >= 0.3 is 0 Å². The Hall–Kier alpha value is -0.930. The maximum absolute atomic E-state index is 13.5. The van der Waals surface area contributed by atoms with Crippen molar-refractivity contribution in [3.8, 4) is 0 Å². The van der Waals surface area contributed by atoms with Crippen molar-refractivity contribution in [2.75, 3.05) is 20.2 Å². The molecule has 2 rings (SSSR count). The van der Waals surface area contributed by atoms with Crippen molar-refractivity contribution in [1.29, 1.82) is 0 Å². The molecule has 0 N–H and O–H groups in total. The highest BCUT2D eigenvalue weighted by atomic mass is 19.1. The molecule has 1 heterocycles. The van der Waals surface area contributed by atoms with Gasteiger partial charge in [-0.3, -0.25) is 0 Å². The Morgan fingerprint density at radius 3 is 2.89 bits per heavy atom. The van der Waals surface area contributed by atoms with Crippen molar-refractivity contribution in [2.45, 2.75) is 45.3 Å². The molecule has 1 saturated heterocycles. The van der Waals surface area contributed by atoms with E-state index in [1.165, 1.54) is 19.3 Å². The third-order valence-corrected chi connectivity index (χ3v) is 3.80. The summed E-state index contributed by atoms with van der Waals surface area (Å²) >= 11 is 0. The molecule has 0 bridgehead atoms. The molecule has 1 aliphatic heterocycles. The number of ether oxygens (including phenoxy) is 1. The zero-order chi connectivity index (χ0) is 13.7. The molecule has 1 aliphatic rings. The molecule has 2 nitrogen and oxygen atoms in total. The van der Waals surface area contributed by atoms with E-state index in [1.54, 1.807) is 13.0 Å². The van der Waals surface area contributed by atoms with Gasteiger partial charge in [-0.15, -0.1) is 0 Å². The van der Waals surface area contributed by atoms with Crippen LogP contribution in [-0.4, -0.2) is 31.2 Å². The molecular formula is C16H24FNO. The number of halogens is 1. The van der Waals surface area contributed by atoms with Crippen LogP contribution in [0.1, 0.15) is 36.8 Å². The van der Waals surface area contributed by atoms with Crippen molar-refractivity contribution < 1.29 is 9.13 Å². The highest BCUT2D eigenvalue weighted by Gasteiger charge is 2.14. The molecule has 1 unspecified atom stereocenters. The van der Waals surface area contributed by atoms with E-state index in [4.69, 9.17) is 4.74 Å². The lowest BCUT2D eigenvalue weighted by Gasteiger charge is -2.25.